The molecule has 0 saturated carbocycles. The van der Waals surface area contributed by atoms with Crippen molar-refractivity contribution in [1.29, 1.82) is 0 Å². The fourth-order valence-corrected chi connectivity index (χ4v) is 4.81. The average Bonchev–Trinajstić information content (AvgIpc) is 3.39. The van der Waals surface area contributed by atoms with Crippen LogP contribution in [0.15, 0.2) is 48.5 Å². The van der Waals surface area contributed by atoms with Crippen LogP contribution in [0.25, 0.3) is 0 Å². The molecule has 1 aliphatic rings. The second-order valence-corrected chi connectivity index (χ2v) is 11.3. The molecule has 2 unspecified atom stereocenters. The summed E-state index contributed by atoms with van der Waals surface area (Å²) < 4.78 is 26.7. The molecule has 11 heteroatoms. The molecule has 1 fully saturated rings. The number of halogens is 2. The van der Waals surface area contributed by atoms with Gasteiger partial charge in [-0.1, -0.05) is 32.9 Å². The van der Waals surface area contributed by atoms with E-state index in [9.17, 15) is 28.0 Å². The van der Waals surface area contributed by atoms with Crippen molar-refractivity contribution in [3.05, 3.63) is 65.7 Å². The maximum Gasteiger partial charge on any atom is 0.313 e. The molecule has 0 radical (unpaired) electrons. The van der Waals surface area contributed by atoms with Gasteiger partial charge in [0.2, 0.25) is 11.8 Å². The second-order valence-electron chi connectivity index (χ2n) is 11.3. The Morgan fingerprint density at radius 2 is 1.61 bits per heavy atom. The number of likely N-dealkylation sites (N-methyl/N-ethyl adjacent to an activating group) is 1. The van der Waals surface area contributed by atoms with Crippen LogP contribution in [-0.4, -0.2) is 78.7 Å². The Balaban J connectivity index is 1.80. The normalized spacial score (nSPS) is 15.8. The number of nitrogens with one attached hydrogen (secondary N) is 3. The molecule has 9 nitrogen and oxygen atoms in total. The van der Waals surface area contributed by atoms with Gasteiger partial charge in [0.25, 0.3) is 0 Å². The Labute approximate surface area is 239 Å². The number of rotatable bonds is 10. The third kappa shape index (κ3) is 9.07. The number of amides is 4. The lowest BCUT2D eigenvalue weighted by Gasteiger charge is -2.37. The highest BCUT2D eigenvalue weighted by molar-refractivity contribution is 6.39. The summed E-state index contributed by atoms with van der Waals surface area (Å²) in [5.41, 5.74) is 0.481. The average molecular weight is 572 g/mol. The van der Waals surface area contributed by atoms with Crippen molar-refractivity contribution in [2.24, 2.45) is 5.41 Å². The highest BCUT2D eigenvalue weighted by atomic mass is 19.1. The topological polar surface area (TPSA) is 111 Å². The van der Waals surface area contributed by atoms with Crippen LogP contribution in [0.4, 0.5) is 14.5 Å². The van der Waals surface area contributed by atoms with Crippen LogP contribution in [0.2, 0.25) is 0 Å². The van der Waals surface area contributed by atoms with Crippen molar-refractivity contribution in [2.45, 2.75) is 52.1 Å². The first-order chi connectivity index (χ1) is 19.4. The summed E-state index contributed by atoms with van der Waals surface area (Å²) in [5, 5.41) is 8.13. The molecule has 0 spiro atoms. The standard InChI is InChI=1S/C30H39F2N5O4/c1-30(2,3)26(35-25(38)18-33-4)28(40)37-16-5-6-24(37)19-36(17-15-20-7-9-21(31)10-8-20)29(41)27(39)34-23-13-11-22(32)12-14-23/h7-14,24,26,33H,5-6,15-19H2,1-4H3,(H,34,39)(H,35,38). The molecule has 4 amide bonds. The molecule has 3 rings (SSSR count). The minimum atomic E-state index is -0.890. The van der Waals surface area contributed by atoms with Crippen molar-refractivity contribution >= 4 is 29.3 Å². The first-order valence-corrected chi connectivity index (χ1v) is 13.7. The Morgan fingerprint density at radius 3 is 2.20 bits per heavy atom. The number of benzene rings is 2. The third-order valence-electron chi connectivity index (χ3n) is 7.01. The van der Waals surface area contributed by atoms with Gasteiger partial charge in [-0.15, -0.1) is 0 Å². The molecular weight excluding hydrogens is 532 g/mol. The van der Waals surface area contributed by atoms with Gasteiger partial charge in [0, 0.05) is 31.4 Å². The lowest BCUT2D eigenvalue weighted by atomic mass is 9.85. The number of nitrogens with zero attached hydrogens (tertiary/aromatic N) is 2. The smallest absolute Gasteiger partial charge is 0.313 e. The number of carbonyl (C=O) groups excluding carboxylic acids is 4. The molecule has 1 saturated heterocycles. The number of likely N-dealkylation sites (tertiary alicyclic amines) is 1. The molecule has 0 bridgehead atoms. The predicted molar refractivity (Wildman–Crippen MR) is 152 cm³/mol. The molecule has 0 aliphatic carbocycles. The second kappa shape index (κ2) is 14.2. The maximum absolute atomic E-state index is 13.7. The number of hydrogen-bond acceptors (Lipinski definition) is 5. The fraction of sp³-hybridized carbons (Fsp3) is 0.467. The Hall–Kier alpha value is -3.86. The molecule has 2 aromatic rings. The van der Waals surface area contributed by atoms with E-state index >= 15 is 0 Å². The predicted octanol–water partition coefficient (Wildman–Crippen LogP) is 2.72. The van der Waals surface area contributed by atoms with Crippen molar-refractivity contribution < 1.29 is 28.0 Å². The van der Waals surface area contributed by atoms with Crippen molar-refractivity contribution in [2.75, 3.05) is 38.5 Å². The van der Waals surface area contributed by atoms with E-state index in [1.165, 1.54) is 41.3 Å². The van der Waals surface area contributed by atoms with Crippen LogP contribution in [0.5, 0.6) is 0 Å². The monoisotopic (exact) mass is 571 g/mol. The van der Waals surface area contributed by atoms with E-state index < -0.39 is 29.1 Å². The molecule has 41 heavy (non-hydrogen) atoms. The minimum absolute atomic E-state index is 0.0676. The summed E-state index contributed by atoms with van der Waals surface area (Å²) in [7, 11) is 1.65. The summed E-state index contributed by atoms with van der Waals surface area (Å²) in [6, 6.07) is 9.80. The molecule has 0 aromatic heterocycles. The lowest BCUT2D eigenvalue weighted by molar-refractivity contribution is -0.145. The van der Waals surface area contributed by atoms with E-state index in [-0.39, 0.29) is 49.0 Å². The van der Waals surface area contributed by atoms with Gasteiger partial charge < -0.3 is 25.8 Å². The zero-order valence-corrected chi connectivity index (χ0v) is 24.0. The van der Waals surface area contributed by atoms with Gasteiger partial charge in [-0.25, -0.2) is 8.78 Å². The molecular formula is C30H39F2N5O4. The summed E-state index contributed by atoms with van der Waals surface area (Å²) in [5.74, 6) is -3.09. The lowest BCUT2D eigenvalue weighted by Crippen LogP contribution is -2.58. The Morgan fingerprint density at radius 1 is 1.00 bits per heavy atom. The van der Waals surface area contributed by atoms with Gasteiger partial charge in [0.15, 0.2) is 0 Å². The van der Waals surface area contributed by atoms with E-state index in [0.717, 1.165) is 5.56 Å². The zero-order chi connectivity index (χ0) is 30.2. The van der Waals surface area contributed by atoms with Gasteiger partial charge in [-0.2, -0.15) is 0 Å². The molecule has 2 atom stereocenters. The van der Waals surface area contributed by atoms with E-state index in [1.54, 1.807) is 24.1 Å². The summed E-state index contributed by atoms with van der Waals surface area (Å²) in [6.07, 6.45) is 1.69. The highest BCUT2D eigenvalue weighted by Gasteiger charge is 2.40. The summed E-state index contributed by atoms with van der Waals surface area (Å²) in [6.45, 7) is 6.40. The van der Waals surface area contributed by atoms with E-state index in [1.807, 2.05) is 20.8 Å². The van der Waals surface area contributed by atoms with E-state index in [0.29, 0.717) is 25.8 Å². The van der Waals surface area contributed by atoms with Crippen molar-refractivity contribution in [3.63, 3.8) is 0 Å². The minimum Gasteiger partial charge on any atom is -0.343 e. The number of hydrogen-bond donors (Lipinski definition) is 3. The molecule has 222 valence electrons. The van der Waals surface area contributed by atoms with Gasteiger partial charge in [0.1, 0.15) is 17.7 Å². The van der Waals surface area contributed by atoms with Crippen molar-refractivity contribution in [1.82, 2.24) is 20.4 Å². The van der Waals surface area contributed by atoms with Gasteiger partial charge in [-0.05, 0) is 73.7 Å². The first-order valence-electron chi connectivity index (χ1n) is 13.7. The third-order valence-corrected chi connectivity index (χ3v) is 7.01. The number of anilines is 1. The van der Waals surface area contributed by atoms with Crippen molar-refractivity contribution in [3.8, 4) is 0 Å². The molecule has 1 aliphatic heterocycles. The van der Waals surface area contributed by atoms with Crippen LogP contribution in [-0.2, 0) is 25.6 Å². The fourth-order valence-electron chi connectivity index (χ4n) is 4.81. The number of carbonyl (C=O) groups is 4. The molecule has 3 N–H and O–H groups in total. The SMILES string of the molecule is CNCC(=O)NC(C(=O)N1CCCC1CN(CCc1ccc(F)cc1)C(=O)C(=O)Nc1ccc(F)cc1)C(C)(C)C. The Kier molecular flexibility index (Phi) is 10.9. The van der Waals surface area contributed by atoms with Crippen LogP contribution >= 0.6 is 0 Å². The van der Waals surface area contributed by atoms with E-state index in [2.05, 4.69) is 16.0 Å². The quantitative estimate of drug-likeness (QED) is 0.380. The molecule has 1 heterocycles. The van der Waals surface area contributed by atoms with Gasteiger partial charge in [0.05, 0.1) is 6.54 Å². The van der Waals surface area contributed by atoms with Crippen LogP contribution in [0, 0.1) is 17.0 Å². The largest absolute Gasteiger partial charge is 0.343 e. The van der Waals surface area contributed by atoms with Gasteiger partial charge in [-0.3, -0.25) is 19.2 Å². The maximum atomic E-state index is 13.7. The van der Waals surface area contributed by atoms with E-state index in [4.69, 9.17) is 0 Å². The Bertz CT molecular complexity index is 1210. The summed E-state index contributed by atoms with van der Waals surface area (Å²) in [4.78, 5) is 55.5. The first kappa shape index (κ1) is 31.7. The van der Waals surface area contributed by atoms with Crippen LogP contribution in [0.1, 0.15) is 39.2 Å². The zero-order valence-electron chi connectivity index (χ0n) is 24.0. The highest BCUT2D eigenvalue weighted by Crippen LogP contribution is 2.26. The van der Waals surface area contributed by atoms with Gasteiger partial charge >= 0.3 is 11.8 Å². The molecule has 2 aromatic carbocycles. The van der Waals surface area contributed by atoms with Crippen LogP contribution in [0.3, 0.4) is 0 Å². The summed E-state index contributed by atoms with van der Waals surface area (Å²) >= 11 is 0. The van der Waals surface area contributed by atoms with Crippen LogP contribution < -0.4 is 16.0 Å².